The highest BCUT2D eigenvalue weighted by Gasteiger charge is 2.27. The normalized spacial score (nSPS) is 17.5. The molecule has 0 radical (unpaired) electrons. The van der Waals surface area contributed by atoms with Crippen LogP contribution in [0.4, 0.5) is 0 Å². The van der Waals surface area contributed by atoms with Crippen LogP contribution in [0.5, 0.6) is 0 Å². The number of furan rings is 1. The Morgan fingerprint density at radius 1 is 1.32 bits per heavy atom. The molecule has 0 saturated carbocycles. The van der Waals surface area contributed by atoms with Gasteiger partial charge in [-0.05, 0) is 42.7 Å². The molecule has 1 aromatic heterocycles. The number of hydrogen-bond donors (Lipinski definition) is 1. The molecule has 1 aliphatic heterocycles. The van der Waals surface area contributed by atoms with Gasteiger partial charge < -0.3 is 19.2 Å². The molecule has 25 heavy (non-hydrogen) atoms. The van der Waals surface area contributed by atoms with Gasteiger partial charge in [-0.25, -0.2) is 4.79 Å². The molecule has 1 N–H and O–H groups in total. The molecule has 1 aliphatic rings. The summed E-state index contributed by atoms with van der Waals surface area (Å²) in [6.45, 7) is 1.56. The number of aromatic carboxylic acids is 1. The van der Waals surface area contributed by atoms with Crippen LogP contribution in [0, 0.1) is 0 Å². The standard InChI is InChI=1S/C19H21NO5/c1-24-12-16-7-8-17(25-16)18(21)20-9-3-6-15(11-20)13-4-2-5-14(10-13)19(22)23/h2,4-5,7-8,10,15H,3,6,9,11-12H2,1H3,(H,22,23)/t15-/m1/s1. The first-order valence-corrected chi connectivity index (χ1v) is 8.28. The van der Waals surface area contributed by atoms with E-state index in [9.17, 15) is 9.59 Å². The van der Waals surface area contributed by atoms with Crippen LogP contribution in [0.2, 0.25) is 0 Å². The summed E-state index contributed by atoms with van der Waals surface area (Å²) in [4.78, 5) is 25.6. The maximum atomic E-state index is 12.7. The number of nitrogens with zero attached hydrogens (tertiary/aromatic N) is 1. The minimum atomic E-state index is -0.938. The number of amides is 1. The molecular formula is C19H21NO5. The van der Waals surface area contributed by atoms with E-state index in [1.54, 1.807) is 42.3 Å². The molecule has 132 valence electrons. The predicted octanol–water partition coefficient (Wildman–Crippen LogP) is 3.14. The zero-order valence-electron chi connectivity index (χ0n) is 14.1. The van der Waals surface area contributed by atoms with E-state index in [-0.39, 0.29) is 17.4 Å². The zero-order chi connectivity index (χ0) is 17.8. The van der Waals surface area contributed by atoms with Crippen LogP contribution in [0.25, 0.3) is 0 Å². The van der Waals surface area contributed by atoms with E-state index in [4.69, 9.17) is 14.3 Å². The van der Waals surface area contributed by atoms with Crippen molar-refractivity contribution in [2.75, 3.05) is 20.2 Å². The van der Waals surface area contributed by atoms with Crippen molar-refractivity contribution in [1.29, 1.82) is 0 Å². The Labute approximate surface area is 146 Å². The van der Waals surface area contributed by atoms with Gasteiger partial charge in [-0.1, -0.05) is 12.1 Å². The van der Waals surface area contributed by atoms with E-state index in [1.165, 1.54) is 0 Å². The summed E-state index contributed by atoms with van der Waals surface area (Å²) < 4.78 is 10.5. The molecule has 6 heteroatoms. The molecule has 1 amide bonds. The fraction of sp³-hybridized carbons (Fsp3) is 0.368. The SMILES string of the molecule is COCc1ccc(C(=O)N2CCC[C@@H](c3cccc(C(=O)O)c3)C2)o1. The topological polar surface area (TPSA) is 80.0 Å². The smallest absolute Gasteiger partial charge is 0.335 e. The largest absolute Gasteiger partial charge is 0.478 e. The Morgan fingerprint density at radius 2 is 2.16 bits per heavy atom. The minimum Gasteiger partial charge on any atom is -0.478 e. The van der Waals surface area contributed by atoms with Crippen molar-refractivity contribution in [3.8, 4) is 0 Å². The summed E-state index contributed by atoms with van der Waals surface area (Å²) in [5.74, 6) is -0.0146. The lowest BCUT2D eigenvalue weighted by Gasteiger charge is -2.32. The van der Waals surface area contributed by atoms with Crippen molar-refractivity contribution >= 4 is 11.9 Å². The maximum Gasteiger partial charge on any atom is 0.335 e. The number of hydrogen-bond acceptors (Lipinski definition) is 4. The van der Waals surface area contributed by atoms with E-state index < -0.39 is 5.97 Å². The van der Waals surface area contributed by atoms with Crippen molar-refractivity contribution in [3.63, 3.8) is 0 Å². The first kappa shape index (κ1) is 17.2. The molecule has 0 spiro atoms. The van der Waals surface area contributed by atoms with Gasteiger partial charge in [0.05, 0.1) is 5.56 Å². The molecule has 6 nitrogen and oxygen atoms in total. The van der Waals surface area contributed by atoms with Gasteiger partial charge in [0.2, 0.25) is 0 Å². The van der Waals surface area contributed by atoms with Gasteiger partial charge in [-0.2, -0.15) is 0 Å². The van der Waals surface area contributed by atoms with Crippen molar-refractivity contribution in [3.05, 3.63) is 59.0 Å². The molecule has 1 atom stereocenters. The molecule has 1 aromatic carbocycles. The van der Waals surface area contributed by atoms with E-state index in [0.717, 1.165) is 18.4 Å². The lowest BCUT2D eigenvalue weighted by molar-refractivity contribution is 0.0663. The van der Waals surface area contributed by atoms with Crippen LogP contribution in [0.1, 0.15) is 51.0 Å². The summed E-state index contributed by atoms with van der Waals surface area (Å²) in [5, 5.41) is 9.16. The highest BCUT2D eigenvalue weighted by atomic mass is 16.5. The summed E-state index contributed by atoms with van der Waals surface area (Å²) in [5.41, 5.74) is 1.23. The van der Waals surface area contributed by atoms with Gasteiger partial charge in [0.25, 0.3) is 5.91 Å². The van der Waals surface area contributed by atoms with Crippen molar-refractivity contribution in [2.45, 2.75) is 25.4 Å². The van der Waals surface area contributed by atoms with Crippen LogP contribution < -0.4 is 0 Å². The average molecular weight is 343 g/mol. The average Bonchev–Trinajstić information content (AvgIpc) is 3.10. The molecule has 0 aliphatic carbocycles. The number of benzene rings is 1. The van der Waals surface area contributed by atoms with Crippen molar-refractivity contribution in [1.82, 2.24) is 4.90 Å². The predicted molar refractivity (Wildman–Crippen MR) is 90.7 cm³/mol. The zero-order valence-corrected chi connectivity index (χ0v) is 14.1. The quantitative estimate of drug-likeness (QED) is 0.902. The van der Waals surface area contributed by atoms with Gasteiger partial charge in [0.15, 0.2) is 5.76 Å². The molecule has 2 heterocycles. The molecule has 2 aromatic rings. The van der Waals surface area contributed by atoms with E-state index >= 15 is 0 Å². The number of carbonyl (C=O) groups is 2. The van der Waals surface area contributed by atoms with Crippen LogP contribution in [-0.2, 0) is 11.3 Å². The third kappa shape index (κ3) is 3.91. The number of rotatable bonds is 5. The molecular weight excluding hydrogens is 322 g/mol. The second-order valence-electron chi connectivity index (χ2n) is 6.22. The Kier molecular flexibility index (Phi) is 5.19. The van der Waals surface area contributed by atoms with Gasteiger partial charge in [-0.3, -0.25) is 4.79 Å². The number of ether oxygens (including phenoxy) is 1. The number of likely N-dealkylation sites (tertiary alicyclic amines) is 1. The van der Waals surface area contributed by atoms with Gasteiger partial charge in [-0.15, -0.1) is 0 Å². The fourth-order valence-corrected chi connectivity index (χ4v) is 3.23. The van der Waals surface area contributed by atoms with E-state index in [0.29, 0.717) is 31.2 Å². The Hall–Kier alpha value is -2.60. The molecule has 1 saturated heterocycles. The van der Waals surface area contributed by atoms with Crippen LogP contribution in [0.15, 0.2) is 40.8 Å². The highest BCUT2D eigenvalue weighted by molar-refractivity contribution is 5.91. The summed E-state index contributed by atoms with van der Waals surface area (Å²) in [6, 6.07) is 10.4. The summed E-state index contributed by atoms with van der Waals surface area (Å²) in [7, 11) is 1.57. The maximum absolute atomic E-state index is 12.7. The Balaban J connectivity index is 1.73. The second-order valence-corrected chi connectivity index (χ2v) is 6.22. The second kappa shape index (κ2) is 7.53. The van der Waals surface area contributed by atoms with E-state index in [1.807, 2.05) is 6.07 Å². The summed E-state index contributed by atoms with van der Waals surface area (Å²) in [6.07, 6.45) is 1.80. The first-order valence-electron chi connectivity index (χ1n) is 8.28. The van der Waals surface area contributed by atoms with E-state index in [2.05, 4.69) is 0 Å². The number of piperidine rings is 1. The minimum absolute atomic E-state index is 0.130. The number of carboxylic acid groups (broad SMARTS) is 1. The van der Waals surface area contributed by atoms with Crippen LogP contribution in [0.3, 0.4) is 0 Å². The van der Waals surface area contributed by atoms with Crippen LogP contribution in [-0.4, -0.2) is 42.1 Å². The Bertz CT molecular complexity index is 767. The van der Waals surface area contributed by atoms with Crippen molar-refractivity contribution in [2.24, 2.45) is 0 Å². The van der Waals surface area contributed by atoms with Gasteiger partial charge >= 0.3 is 5.97 Å². The fourth-order valence-electron chi connectivity index (χ4n) is 3.23. The third-order valence-corrected chi connectivity index (χ3v) is 4.47. The lowest BCUT2D eigenvalue weighted by Crippen LogP contribution is -2.39. The molecule has 0 unspecified atom stereocenters. The van der Waals surface area contributed by atoms with Crippen molar-refractivity contribution < 1.29 is 23.8 Å². The lowest BCUT2D eigenvalue weighted by atomic mass is 9.89. The third-order valence-electron chi connectivity index (χ3n) is 4.47. The molecule has 1 fully saturated rings. The monoisotopic (exact) mass is 343 g/mol. The molecule has 0 bridgehead atoms. The first-order chi connectivity index (χ1) is 12.1. The molecule has 3 rings (SSSR count). The number of carbonyl (C=O) groups excluding carboxylic acids is 1. The Morgan fingerprint density at radius 3 is 2.92 bits per heavy atom. The number of methoxy groups -OCH3 is 1. The summed E-state index contributed by atoms with van der Waals surface area (Å²) >= 11 is 0. The van der Waals surface area contributed by atoms with Gasteiger partial charge in [0, 0.05) is 26.1 Å². The number of carboxylic acids is 1. The van der Waals surface area contributed by atoms with Gasteiger partial charge in [0.1, 0.15) is 12.4 Å². The van der Waals surface area contributed by atoms with Crippen LogP contribution >= 0.6 is 0 Å². The highest BCUT2D eigenvalue weighted by Crippen LogP contribution is 2.28.